The van der Waals surface area contributed by atoms with Crippen molar-refractivity contribution in [3.05, 3.63) is 146 Å². The molecule has 0 radical (unpaired) electrons. The maximum Gasteiger partial charge on any atom is 0.199 e. The number of imidazole rings is 1. The van der Waals surface area contributed by atoms with Crippen molar-refractivity contribution < 1.29 is 13.3 Å². The van der Waals surface area contributed by atoms with E-state index in [0.717, 1.165) is 29.6 Å². The van der Waals surface area contributed by atoms with E-state index in [1.807, 2.05) is 61.3 Å². The van der Waals surface area contributed by atoms with Gasteiger partial charge < -0.3 is 17.8 Å². The van der Waals surface area contributed by atoms with Crippen molar-refractivity contribution >= 4 is 22.7 Å². The second-order valence-corrected chi connectivity index (χ2v) is 26.6. The SMILES string of the molecule is C.C.C.C.C.C.CC(C)(C)C1=CC=CC1.CC(C)(C)c1cnco1.CC(C)(C)c1ncco1.Cc1ccc(C(C)(C)C)o1.Cc1ccc(C(C)(C)C)s1.Cc1ccsc1C(C)(C)C.Cn1cncc1C(C)(C)C. The van der Waals surface area contributed by atoms with Crippen LogP contribution in [0.4, 0.5) is 0 Å². The molecule has 0 aliphatic heterocycles. The number of aromatic nitrogens is 4. The minimum Gasteiger partial charge on any atom is -0.466 e. The van der Waals surface area contributed by atoms with Gasteiger partial charge in [-0.3, -0.25) is 0 Å². The standard InChI is InChI=1S/C9H14O.2C9H14S.C9H14.C8H14N2.2C7H11NO.6CH4/c1-7-5-6-8(10-7)9(2,3)4;1-7-5-6-10-8(7)9(2,3)4;1-7-5-6-8(10-7)9(2,3)4;1-9(2,3)8-6-4-5-7-8;1-8(2,3)7-5-9-6-10(7)4;1-7(2,3)6-4-8-5-9-6;1-7(2,3)6-8-4-5-9-6;;;;;;/h3*5-6H,1-4H3;4-6H,7H2,1-3H3;5-6H,1-4H3;2*4-5H,1-3H3;6*1H4. The molecule has 0 atom stereocenters. The average Bonchev–Trinajstić information content (AvgIpc) is 4.02. The summed E-state index contributed by atoms with van der Waals surface area (Å²) >= 11 is 3.75. The molecule has 0 saturated heterocycles. The summed E-state index contributed by atoms with van der Waals surface area (Å²) in [4.78, 5) is 16.3. The molecule has 0 spiro atoms. The maximum absolute atomic E-state index is 5.45. The molecule has 0 N–H and O–H groups in total. The normalized spacial score (nSPS) is 11.8. The highest BCUT2D eigenvalue weighted by Gasteiger charge is 2.20. The number of nitrogens with zero attached hydrogens (tertiary/aromatic N) is 4. The molecule has 6 aromatic heterocycles. The zero-order valence-electron chi connectivity index (χ0n) is 46.7. The lowest BCUT2D eigenvalue weighted by Crippen LogP contribution is -2.15. The van der Waals surface area contributed by atoms with E-state index in [1.54, 1.807) is 24.2 Å². The second kappa shape index (κ2) is 33.7. The number of hydrogen-bond acceptors (Lipinski definition) is 8. The fourth-order valence-corrected chi connectivity index (χ4v) is 8.02. The molecule has 422 valence electrons. The molecule has 6 heterocycles. The van der Waals surface area contributed by atoms with Crippen molar-refractivity contribution in [3.8, 4) is 0 Å². The van der Waals surface area contributed by atoms with Crippen molar-refractivity contribution in [2.45, 2.75) is 250 Å². The van der Waals surface area contributed by atoms with Gasteiger partial charge in [0.05, 0.1) is 18.7 Å². The van der Waals surface area contributed by atoms with Crippen LogP contribution in [-0.2, 0) is 39.5 Å². The van der Waals surface area contributed by atoms with E-state index >= 15 is 0 Å². The molecular formula is C64H116N4O3S2. The first-order valence-electron chi connectivity index (χ1n) is 23.7. The molecule has 9 heteroatoms. The van der Waals surface area contributed by atoms with Gasteiger partial charge in [-0.2, -0.15) is 0 Å². The van der Waals surface area contributed by atoms with Crippen LogP contribution in [0.3, 0.4) is 0 Å². The summed E-state index contributed by atoms with van der Waals surface area (Å²) in [6.07, 6.45) is 18.0. The van der Waals surface area contributed by atoms with Crippen molar-refractivity contribution in [1.82, 2.24) is 19.5 Å². The van der Waals surface area contributed by atoms with Crippen LogP contribution in [0.25, 0.3) is 0 Å². The summed E-state index contributed by atoms with van der Waals surface area (Å²) in [5.74, 6) is 3.78. The lowest BCUT2D eigenvalue weighted by Gasteiger charge is -2.19. The molecule has 7 nitrogen and oxygen atoms in total. The summed E-state index contributed by atoms with van der Waals surface area (Å²) < 4.78 is 17.7. The smallest absolute Gasteiger partial charge is 0.199 e. The Kier molecular flexibility index (Phi) is 37.0. The topological polar surface area (TPSA) is 83.0 Å². The van der Waals surface area contributed by atoms with Crippen molar-refractivity contribution in [2.24, 2.45) is 12.5 Å². The fraction of sp³-hybridized carbons (Fsp3) is 0.609. The number of aryl methyl sites for hydroxylation is 4. The van der Waals surface area contributed by atoms with E-state index in [0.29, 0.717) is 16.2 Å². The number of thiophene rings is 2. The third-order valence-electron chi connectivity index (χ3n) is 10.1. The highest BCUT2D eigenvalue weighted by atomic mass is 32.1. The highest BCUT2D eigenvalue weighted by Crippen LogP contribution is 2.32. The first kappa shape index (κ1) is 80.2. The van der Waals surface area contributed by atoms with Gasteiger partial charge in [0.25, 0.3) is 0 Å². The number of furan rings is 1. The Morgan fingerprint density at radius 1 is 0.562 bits per heavy atom. The summed E-state index contributed by atoms with van der Waals surface area (Å²) in [6, 6.07) is 10.6. The van der Waals surface area contributed by atoms with Crippen LogP contribution < -0.4 is 0 Å². The monoisotopic (exact) mass is 1050 g/mol. The van der Waals surface area contributed by atoms with Crippen molar-refractivity contribution in [3.63, 3.8) is 0 Å². The molecule has 0 amide bonds. The minimum atomic E-state index is 0. The molecule has 73 heavy (non-hydrogen) atoms. The molecular weight excluding hydrogens is 937 g/mol. The molecule has 1 aliphatic carbocycles. The first-order valence-corrected chi connectivity index (χ1v) is 25.3. The zero-order valence-corrected chi connectivity index (χ0v) is 48.3. The van der Waals surface area contributed by atoms with E-state index in [2.05, 4.69) is 221 Å². The lowest BCUT2D eigenvalue weighted by molar-refractivity contribution is 0.392. The number of hydrogen-bond donors (Lipinski definition) is 0. The highest BCUT2D eigenvalue weighted by molar-refractivity contribution is 7.12. The Hall–Kier alpha value is -4.21. The molecule has 0 aromatic carbocycles. The summed E-state index contributed by atoms with van der Waals surface area (Å²) in [5, 5.41) is 2.16. The third kappa shape index (κ3) is 31.3. The zero-order chi connectivity index (χ0) is 51.8. The quantitative estimate of drug-likeness (QED) is 0.151. The van der Waals surface area contributed by atoms with Crippen LogP contribution in [-0.4, -0.2) is 19.5 Å². The van der Waals surface area contributed by atoms with Gasteiger partial charge in [-0.05, 0) is 84.7 Å². The van der Waals surface area contributed by atoms with Crippen LogP contribution in [0.5, 0.6) is 0 Å². The Balaban J connectivity index is -0.000000177. The van der Waals surface area contributed by atoms with Crippen LogP contribution in [0.2, 0.25) is 0 Å². The largest absolute Gasteiger partial charge is 0.466 e. The maximum atomic E-state index is 5.45. The predicted octanol–water partition coefficient (Wildman–Crippen LogP) is 22.0. The molecule has 0 unspecified atom stereocenters. The fourth-order valence-electron chi connectivity index (χ4n) is 6.08. The predicted molar refractivity (Wildman–Crippen MR) is 332 cm³/mol. The van der Waals surface area contributed by atoms with Gasteiger partial charge in [-0.25, -0.2) is 15.0 Å². The van der Waals surface area contributed by atoms with Crippen LogP contribution in [0.1, 0.15) is 245 Å². The van der Waals surface area contributed by atoms with Crippen LogP contribution in [0, 0.1) is 26.2 Å². The van der Waals surface area contributed by atoms with Gasteiger partial charge in [-0.1, -0.05) is 214 Å². The number of oxazole rings is 2. The summed E-state index contributed by atoms with van der Waals surface area (Å²) in [5.41, 5.74) is 5.78. The molecule has 0 bridgehead atoms. The molecule has 1 aliphatic rings. The van der Waals surface area contributed by atoms with E-state index in [-0.39, 0.29) is 66.2 Å². The van der Waals surface area contributed by atoms with E-state index < -0.39 is 0 Å². The Bertz CT molecular complexity index is 2150. The van der Waals surface area contributed by atoms with E-state index in [1.165, 1.54) is 32.3 Å². The molecule has 0 saturated carbocycles. The molecule has 6 aromatic rings. The average molecular weight is 1050 g/mol. The second-order valence-electron chi connectivity index (χ2n) is 24.4. The minimum absolute atomic E-state index is 0. The number of rotatable bonds is 0. The van der Waals surface area contributed by atoms with Crippen LogP contribution in [0.15, 0.2) is 110 Å². The lowest BCUT2D eigenvalue weighted by atomic mass is 9.86. The summed E-state index contributed by atoms with van der Waals surface area (Å²) in [7, 11) is 2.02. The molecule has 7 rings (SSSR count). The van der Waals surface area contributed by atoms with Gasteiger partial charge in [0, 0.05) is 55.2 Å². The van der Waals surface area contributed by atoms with Crippen LogP contribution >= 0.6 is 22.7 Å². The van der Waals surface area contributed by atoms with Gasteiger partial charge in [0.2, 0.25) is 0 Å². The third-order valence-corrected chi connectivity index (χ3v) is 12.9. The number of allylic oxidation sites excluding steroid dienone is 4. The van der Waals surface area contributed by atoms with Gasteiger partial charge in [-0.15, -0.1) is 22.7 Å². The first-order chi connectivity index (χ1) is 30.3. The van der Waals surface area contributed by atoms with Crippen molar-refractivity contribution in [1.29, 1.82) is 0 Å². The Morgan fingerprint density at radius 2 is 1.12 bits per heavy atom. The Morgan fingerprint density at radius 3 is 1.32 bits per heavy atom. The van der Waals surface area contributed by atoms with E-state index in [4.69, 9.17) is 13.3 Å². The van der Waals surface area contributed by atoms with Gasteiger partial charge in [0.1, 0.15) is 23.5 Å². The van der Waals surface area contributed by atoms with Gasteiger partial charge >= 0.3 is 0 Å². The Labute approximate surface area is 461 Å². The van der Waals surface area contributed by atoms with Crippen molar-refractivity contribution in [2.75, 3.05) is 0 Å². The summed E-state index contributed by atoms with van der Waals surface area (Å²) in [6.45, 7) is 52.0. The van der Waals surface area contributed by atoms with E-state index in [9.17, 15) is 0 Å². The molecule has 0 fully saturated rings. The van der Waals surface area contributed by atoms with Gasteiger partial charge in [0.15, 0.2) is 12.3 Å².